The SMILES string of the molecule is CCNc1nc2ccc(C(=O)N3CCOCC3)cc2n1Cc1ccc(C(=O)O)cc1. The number of aromatic carboxylic acids is 1. The van der Waals surface area contributed by atoms with Crippen LogP contribution in [-0.2, 0) is 11.3 Å². The number of nitrogens with one attached hydrogen (secondary N) is 1. The van der Waals surface area contributed by atoms with E-state index in [4.69, 9.17) is 9.84 Å². The maximum Gasteiger partial charge on any atom is 0.335 e. The van der Waals surface area contributed by atoms with Gasteiger partial charge in [0.2, 0.25) is 5.95 Å². The Morgan fingerprint density at radius 2 is 1.80 bits per heavy atom. The lowest BCUT2D eigenvalue weighted by Gasteiger charge is -2.26. The predicted molar refractivity (Wildman–Crippen MR) is 113 cm³/mol. The average Bonchev–Trinajstić information content (AvgIpc) is 3.11. The fraction of sp³-hybridized carbons (Fsp3) is 0.318. The second-order valence-corrected chi connectivity index (χ2v) is 7.16. The molecule has 1 amide bonds. The molecule has 1 saturated heterocycles. The predicted octanol–water partition coefficient (Wildman–Crippen LogP) is 2.69. The second-order valence-electron chi connectivity index (χ2n) is 7.16. The van der Waals surface area contributed by atoms with Gasteiger partial charge in [-0.2, -0.15) is 0 Å². The molecular weight excluding hydrogens is 384 g/mol. The number of amides is 1. The minimum atomic E-state index is -0.950. The van der Waals surface area contributed by atoms with E-state index in [0.29, 0.717) is 50.9 Å². The van der Waals surface area contributed by atoms with Gasteiger partial charge in [0.05, 0.1) is 36.4 Å². The molecule has 8 nitrogen and oxygen atoms in total. The minimum Gasteiger partial charge on any atom is -0.478 e. The zero-order valence-electron chi connectivity index (χ0n) is 16.8. The van der Waals surface area contributed by atoms with E-state index in [-0.39, 0.29) is 11.5 Å². The molecule has 8 heteroatoms. The van der Waals surface area contributed by atoms with Crippen molar-refractivity contribution >= 4 is 28.9 Å². The molecule has 3 aromatic rings. The van der Waals surface area contributed by atoms with Gasteiger partial charge < -0.3 is 24.6 Å². The molecule has 2 aromatic carbocycles. The molecule has 0 radical (unpaired) electrons. The number of carbonyl (C=O) groups is 2. The van der Waals surface area contributed by atoms with Crippen molar-refractivity contribution in [1.82, 2.24) is 14.5 Å². The van der Waals surface area contributed by atoms with Crippen molar-refractivity contribution in [3.05, 3.63) is 59.2 Å². The minimum absolute atomic E-state index is 0.0104. The van der Waals surface area contributed by atoms with Crippen LogP contribution in [-0.4, -0.2) is 64.3 Å². The number of carboxylic acid groups (broad SMARTS) is 1. The summed E-state index contributed by atoms with van der Waals surface area (Å²) < 4.78 is 7.36. The lowest BCUT2D eigenvalue weighted by Crippen LogP contribution is -2.40. The largest absolute Gasteiger partial charge is 0.478 e. The Morgan fingerprint density at radius 1 is 1.10 bits per heavy atom. The molecule has 1 aliphatic rings. The van der Waals surface area contributed by atoms with Crippen molar-refractivity contribution in [1.29, 1.82) is 0 Å². The Balaban J connectivity index is 1.69. The molecule has 0 bridgehead atoms. The van der Waals surface area contributed by atoms with E-state index in [0.717, 1.165) is 16.6 Å². The lowest BCUT2D eigenvalue weighted by atomic mass is 10.1. The van der Waals surface area contributed by atoms with E-state index >= 15 is 0 Å². The van der Waals surface area contributed by atoms with Crippen LogP contribution < -0.4 is 5.32 Å². The summed E-state index contributed by atoms with van der Waals surface area (Å²) >= 11 is 0. The van der Waals surface area contributed by atoms with Gasteiger partial charge in [-0.15, -0.1) is 0 Å². The highest BCUT2D eigenvalue weighted by molar-refractivity contribution is 5.98. The van der Waals surface area contributed by atoms with Crippen molar-refractivity contribution in [3.8, 4) is 0 Å². The van der Waals surface area contributed by atoms with Gasteiger partial charge >= 0.3 is 5.97 Å². The first-order valence-corrected chi connectivity index (χ1v) is 10.00. The van der Waals surface area contributed by atoms with Crippen LogP contribution in [0.4, 0.5) is 5.95 Å². The number of morpholine rings is 1. The van der Waals surface area contributed by atoms with Crippen LogP contribution >= 0.6 is 0 Å². The smallest absolute Gasteiger partial charge is 0.335 e. The van der Waals surface area contributed by atoms with Gasteiger partial charge in [-0.25, -0.2) is 9.78 Å². The molecule has 0 atom stereocenters. The summed E-state index contributed by atoms with van der Waals surface area (Å²) in [6.07, 6.45) is 0. The zero-order valence-corrected chi connectivity index (χ0v) is 16.8. The number of ether oxygens (including phenoxy) is 1. The summed E-state index contributed by atoms with van der Waals surface area (Å²) in [7, 11) is 0. The molecular formula is C22H24N4O4. The van der Waals surface area contributed by atoms with Gasteiger partial charge in [0, 0.05) is 25.2 Å². The topological polar surface area (TPSA) is 96.7 Å². The Morgan fingerprint density at radius 3 is 2.47 bits per heavy atom. The van der Waals surface area contributed by atoms with Gasteiger partial charge in [-0.3, -0.25) is 4.79 Å². The Bertz CT molecular complexity index is 1070. The molecule has 4 rings (SSSR count). The molecule has 0 unspecified atom stereocenters. The molecule has 1 aliphatic heterocycles. The van der Waals surface area contributed by atoms with Gasteiger partial charge in [-0.05, 0) is 42.8 Å². The van der Waals surface area contributed by atoms with Crippen LogP contribution in [0.15, 0.2) is 42.5 Å². The standard InChI is InChI=1S/C22H24N4O4/c1-2-23-22-24-18-8-7-17(20(27)25-9-11-30-12-10-25)13-19(18)26(22)14-15-3-5-16(6-4-15)21(28)29/h3-8,13H,2,9-12,14H2,1H3,(H,23,24)(H,28,29). The van der Waals surface area contributed by atoms with Crippen LogP contribution in [0.1, 0.15) is 33.2 Å². The summed E-state index contributed by atoms with van der Waals surface area (Å²) in [5.74, 6) is -0.246. The number of hydrogen-bond acceptors (Lipinski definition) is 5. The summed E-state index contributed by atoms with van der Waals surface area (Å²) in [4.78, 5) is 30.5. The van der Waals surface area contributed by atoms with Crippen molar-refractivity contribution in [2.24, 2.45) is 0 Å². The summed E-state index contributed by atoms with van der Waals surface area (Å²) in [5.41, 5.74) is 3.47. The van der Waals surface area contributed by atoms with Crippen LogP contribution in [0.3, 0.4) is 0 Å². The van der Waals surface area contributed by atoms with E-state index in [1.807, 2.05) is 29.7 Å². The number of carboxylic acids is 1. The second kappa shape index (κ2) is 8.54. The number of benzene rings is 2. The molecule has 0 aliphatic carbocycles. The van der Waals surface area contributed by atoms with Crippen LogP contribution in [0.25, 0.3) is 11.0 Å². The fourth-order valence-electron chi connectivity index (χ4n) is 3.59. The highest BCUT2D eigenvalue weighted by atomic mass is 16.5. The summed E-state index contributed by atoms with van der Waals surface area (Å²) in [6.45, 7) is 5.52. The number of imidazole rings is 1. The molecule has 1 fully saturated rings. The first-order chi connectivity index (χ1) is 14.6. The quantitative estimate of drug-likeness (QED) is 0.651. The van der Waals surface area contributed by atoms with E-state index in [1.54, 1.807) is 29.2 Å². The van der Waals surface area contributed by atoms with Gasteiger partial charge in [0.1, 0.15) is 0 Å². The monoisotopic (exact) mass is 408 g/mol. The highest BCUT2D eigenvalue weighted by Gasteiger charge is 2.20. The summed E-state index contributed by atoms with van der Waals surface area (Å²) in [6, 6.07) is 12.4. The van der Waals surface area contributed by atoms with Crippen molar-refractivity contribution in [2.45, 2.75) is 13.5 Å². The van der Waals surface area contributed by atoms with Gasteiger partial charge in [0.25, 0.3) is 5.91 Å². The number of carbonyl (C=O) groups excluding carboxylic acids is 1. The summed E-state index contributed by atoms with van der Waals surface area (Å²) in [5, 5.41) is 12.4. The number of hydrogen-bond donors (Lipinski definition) is 2. The molecule has 2 N–H and O–H groups in total. The van der Waals surface area contributed by atoms with Crippen molar-refractivity contribution in [3.63, 3.8) is 0 Å². The van der Waals surface area contributed by atoms with Crippen LogP contribution in [0.2, 0.25) is 0 Å². The molecule has 1 aromatic heterocycles. The van der Waals surface area contributed by atoms with Gasteiger partial charge in [-0.1, -0.05) is 12.1 Å². The van der Waals surface area contributed by atoms with Crippen LogP contribution in [0.5, 0.6) is 0 Å². The molecule has 30 heavy (non-hydrogen) atoms. The Hall–Kier alpha value is -3.39. The van der Waals surface area contributed by atoms with E-state index in [9.17, 15) is 9.59 Å². The first kappa shape index (κ1) is 19.9. The third-order valence-corrected chi connectivity index (χ3v) is 5.17. The normalized spacial score (nSPS) is 14.1. The Labute approximate surface area is 174 Å². The maximum atomic E-state index is 12.9. The maximum absolute atomic E-state index is 12.9. The number of anilines is 1. The Kier molecular flexibility index (Phi) is 5.67. The fourth-order valence-corrected chi connectivity index (χ4v) is 3.59. The van der Waals surface area contributed by atoms with Crippen molar-refractivity contribution in [2.75, 3.05) is 38.2 Å². The third kappa shape index (κ3) is 3.99. The van der Waals surface area contributed by atoms with Gasteiger partial charge in [0.15, 0.2) is 0 Å². The number of nitrogens with zero attached hydrogens (tertiary/aromatic N) is 3. The number of aromatic nitrogens is 2. The zero-order chi connectivity index (χ0) is 21.1. The van der Waals surface area contributed by atoms with Crippen LogP contribution in [0, 0.1) is 0 Å². The lowest BCUT2D eigenvalue weighted by molar-refractivity contribution is 0.0303. The third-order valence-electron chi connectivity index (χ3n) is 5.17. The number of fused-ring (bicyclic) bond motifs is 1. The molecule has 156 valence electrons. The first-order valence-electron chi connectivity index (χ1n) is 10.00. The van der Waals surface area contributed by atoms with E-state index < -0.39 is 5.97 Å². The molecule has 0 saturated carbocycles. The van der Waals surface area contributed by atoms with E-state index in [2.05, 4.69) is 10.3 Å². The number of rotatable bonds is 6. The molecule has 0 spiro atoms. The molecule has 2 heterocycles. The van der Waals surface area contributed by atoms with E-state index in [1.165, 1.54) is 0 Å². The highest BCUT2D eigenvalue weighted by Crippen LogP contribution is 2.24. The average molecular weight is 408 g/mol. The van der Waals surface area contributed by atoms with Crippen molar-refractivity contribution < 1.29 is 19.4 Å².